The van der Waals surface area contributed by atoms with Gasteiger partial charge in [-0.3, -0.25) is 9.59 Å². The van der Waals surface area contributed by atoms with Crippen LogP contribution >= 0.6 is 0 Å². The molecule has 2 aliphatic rings. The van der Waals surface area contributed by atoms with Gasteiger partial charge in [0, 0.05) is 12.6 Å². The number of carbonyl (C=O) groups excluding carboxylic acids is 2. The molecule has 0 bridgehead atoms. The van der Waals surface area contributed by atoms with Gasteiger partial charge in [0.25, 0.3) is 5.91 Å². The summed E-state index contributed by atoms with van der Waals surface area (Å²) in [4.78, 5) is 42.1. The fraction of sp³-hybridized carbons (Fsp3) is 0.263. The number of amides is 2. The van der Waals surface area contributed by atoms with Crippen molar-refractivity contribution in [2.75, 3.05) is 0 Å². The molecule has 2 aliphatic heterocycles. The number of carbonyl (C=O) groups is 3. The van der Waals surface area contributed by atoms with Crippen molar-refractivity contribution in [1.82, 2.24) is 10.2 Å². The summed E-state index contributed by atoms with van der Waals surface area (Å²) < 4.78 is 0. The van der Waals surface area contributed by atoms with Crippen molar-refractivity contribution in [1.29, 1.82) is 0 Å². The summed E-state index contributed by atoms with van der Waals surface area (Å²) in [6.07, 6.45) is 6.56. The van der Waals surface area contributed by atoms with E-state index in [-0.39, 0.29) is 18.6 Å². The number of aliphatic imine (C=N–C) groups is 1. The Bertz CT molecular complexity index is 872. The summed E-state index contributed by atoms with van der Waals surface area (Å²) in [5, 5.41) is 21.4. The standard InChI is InChI=1S/C19H19N3O5/c1-19(11-16(24)21-15-4-2-3-9-22(15)19)18(27)20-14(17(25)26)10-12-5-7-13(23)8-6-12/h2-9,14,23H,10-11H2,1H3,(H,20,27)(H,25,26). The van der Waals surface area contributed by atoms with E-state index in [4.69, 9.17) is 0 Å². The molecular weight excluding hydrogens is 350 g/mol. The molecule has 3 N–H and O–H groups in total. The third kappa shape index (κ3) is 3.74. The second kappa shape index (κ2) is 7.06. The largest absolute Gasteiger partial charge is 0.508 e. The normalized spacial score (nSPS) is 22.0. The predicted molar refractivity (Wildman–Crippen MR) is 97.0 cm³/mol. The zero-order chi connectivity index (χ0) is 19.6. The number of carboxylic acids is 1. The van der Waals surface area contributed by atoms with E-state index in [1.807, 2.05) is 0 Å². The smallest absolute Gasteiger partial charge is 0.326 e. The van der Waals surface area contributed by atoms with Gasteiger partial charge in [-0.2, -0.15) is 4.99 Å². The van der Waals surface area contributed by atoms with Crippen LogP contribution in [0.2, 0.25) is 0 Å². The Kier molecular flexibility index (Phi) is 4.81. The van der Waals surface area contributed by atoms with E-state index < -0.39 is 29.4 Å². The van der Waals surface area contributed by atoms with Crippen LogP contribution in [0.5, 0.6) is 5.75 Å². The summed E-state index contributed by atoms with van der Waals surface area (Å²) in [6.45, 7) is 1.58. The number of nitrogens with zero attached hydrogens (tertiary/aromatic N) is 2. The highest BCUT2D eigenvalue weighted by molar-refractivity contribution is 6.09. The van der Waals surface area contributed by atoms with E-state index in [9.17, 15) is 24.6 Å². The van der Waals surface area contributed by atoms with Crippen LogP contribution in [0.1, 0.15) is 18.9 Å². The topological polar surface area (TPSA) is 119 Å². The van der Waals surface area contributed by atoms with Gasteiger partial charge in [-0.05, 0) is 36.8 Å². The molecule has 0 spiro atoms. The van der Waals surface area contributed by atoms with Gasteiger partial charge in [0.15, 0.2) is 0 Å². The van der Waals surface area contributed by atoms with Gasteiger partial charge in [-0.15, -0.1) is 0 Å². The molecule has 0 saturated heterocycles. The van der Waals surface area contributed by atoms with Gasteiger partial charge in [-0.25, -0.2) is 4.79 Å². The summed E-state index contributed by atoms with van der Waals surface area (Å²) >= 11 is 0. The first kappa shape index (κ1) is 18.4. The monoisotopic (exact) mass is 369 g/mol. The molecule has 2 atom stereocenters. The number of hydrogen-bond donors (Lipinski definition) is 3. The number of carboxylic acid groups (broad SMARTS) is 1. The van der Waals surface area contributed by atoms with Crippen molar-refractivity contribution in [2.24, 2.45) is 4.99 Å². The van der Waals surface area contributed by atoms with Crippen LogP contribution in [0.25, 0.3) is 0 Å². The Morgan fingerprint density at radius 1 is 1.30 bits per heavy atom. The second-order valence-electron chi connectivity index (χ2n) is 6.62. The van der Waals surface area contributed by atoms with Crippen molar-refractivity contribution >= 4 is 23.6 Å². The van der Waals surface area contributed by atoms with E-state index >= 15 is 0 Å². The van der Waals surface area contributed by atoms with E-state index in [2.05, 4.69) is 10.3 Å². The van der Waals surface area contributed by atoms with Crippen molar-refractivity contribution in [3.63, 3.8) is 0 Å². The van der Waals surface area contributed by atoms with Gasteiger partial charge in [-0.1, -0.05) is 18.2 Å². The van der Waals surface area contributed by atoms with E-state index in [1.54, 1.807) is 48.4 Å². The molecule has 0 fully saturated rings. The zero-order valence-electron chi connectivity index (χ0n) is 14.6. The number of aromatic hydroxyl groups is 1. The maximum Gasteiger partial charge on any atom is 0.326 e. The molecule has 8 nitrogen and oxygen atoms in total. The molecule has 0 aliphatic carbocycles. The number of amidine groups is 1. The molecule has 3 rings (SSSR count). The minimum Gasteiger partial charge on any atom is -0.508 e. The summed E-state index contributed by atoms with van der Waals surface area (Å²) in [5.41, 5.74) is -0.633. The van der Waals surface area contributed by atoms with Crippen LogP contribution in [0, 0.1) is 0 Å². The van der Waals surface area contributed by atoms with Crippen molar-refractivity contribution in [3.05, 3.63) is 54.3 Å². The molecule has 0 saturated carbocycles. The summed E-state index contributed by atoms with van der Waals surface area (Å²) in [6, 6.07) is 4.90. The lowest BCUT2D eigenvalue weighted by molar-refractivity contribution is -0.144. The Labute approximate surface area is 155 Å². The van der Waals surface area contributed by atoms with Gasteiger partial charge in [0.05, 0.1) is 6.42 Å². The van der Waals surface area contributed by atoms with Gasteiger partial charge >= 0.3 is 5.97 Å². The van der Waals surface area contributed by atoms with Crippen LogP contribution in [0.4, 0.5) is 0 Å². The van der Waals surface area contributed by atoms with Gasteiger partial charge in [0.2, 0.25) is 5.91 Å². The number of rotatable bonds is 5. The van der Waals surface area contributed by atoms with Crippen molar-refractivity contribution in [3.8, 4) is 5.75 Å². The average molecular weight is 369 g/mol. The molecule has 8 heteroatoms. The Morgan fingerprint density at radius 2 is 2.00 bits per heavy atom. The van der Waals surface area contributed by atoms with Crippen LogP contribution in [0.3, 0.4) is 0 Å². The molecular formula is C19H19N3O5. The minimum absolute atomic E-state index is 0.0437. The average Bonchev–Trinajstić information content (AvgIpc) is 2.62. The quantitative estimate of drug-likeness (QED) is 0.712. The first-order valence-electron chi connectivity index (χ1n) is 8.37. The highest BCUT2D eigenvalue weighted by Gasteiger charge is 2.46. The number of allylic oxidation sites excluding steroid dienone is 2. The first-order chi connectivity index (χ1) is 12.8. The molecule has 140 valence electrons. The Hall–Kier alpha value is -3.42. The van der Waals surface area contributed by atoms with E-state index in [1.165, 1.54) is 12.1 Å². The molecule has 0 radical (unpaired) electrons. The van der Waals surface area contributed by atoms with Crippen LogP contribution < -0.4 is 5.32 Å². The lowest BCUT2D eigenvalue weighted by Gasteiger charge is -2.42. The third-order valence-corrected chi connectivity index (χ3v) is 4.57. The maximum absolute atomic E-state index is 13.0. The van der Waals surface area contributed by atoms with Crippen LogP contribution in [0.15, 0.2) is 53.7 Å². The molecule has 2 amide bonds. The highest BCUT2D eigenvalue weighted by atomic mass is 16.4. The molecule has 0 aromatic heterocycles. The number of phenols is 1. The highest BCUT2D eigenvalue weighted by Crippen LogP contribution is 2.28. The molecule has 27 heavy (non-hydrogen) atoms. The molecule has 1 aromatic carbocycles. The van der Waals surface area contributed by atoms with E-state index in [0.29, 0.717) is 11.4 Å². The number of aliphatic carboxylic acids is 1. The zero-order valence-corrected chi connectivity index (χ0v) is 14.6. The Morgan fingerprint density at radius 3 is 2.67 bits per heavy atom. The van der Waals surface area contributed by atoms with Gasteiger partial charge < -0.3 is 20.4 Å². The number of phenolic OH excluding ortho intramolecular Hbond substituents is 1. The Balaban J connectivity index is 1.80. The number of hydrogen-bond acceptors (Lipinski definition) is 5. The number of fused-ring (bicyclic) bond motifs is 1. The third-order valence-electron chi connectivity index (χ3n) is 4.57. The number of benzene rings is 1. The second-order valence-corrected chi connectivity index (χ2v) is 6.62. The van der Waals surface area contributed by atoms with Gasteiger partial charge in [0.1, 0.15) is 23.2 Å². The fourth-order valence-electron chi connectivity index (χ4n) is 3.06. The van der Waals surface area contributed by atoms with E-state index in [0.717, 1.165) is 0 Å². The fourth-order valence-corrected chi connectivity index (χ4v) is 3.06. The van der Waals surface area contributed by atoms with Crippen molar-refractivity contribution in [2.45, 2.75) is 31.3 Å². The SMILES string of the molecule is CC1(C(=O)NC(Cc2ccc(O)cc2)C(=O)O)CC(=O)N=C2C=CC=CN21. The molecule has 1 aromatic rings. The van der Waals surface area contributed by atoms with Crippen molar-refractivity contribution < 1.29 is 24.6 Å². The maximum atomic E-state index is 13.0. The first-order valence-corrected chi connectivity index (χ1v) is 8.37. The van der Waals surface area contributed by atoms with Crippen LogP contribution in [-0.2, 0) is 20.8 Å². The molecule has 2 unspecified atom stereocenters. The van der Waals surface area contributed by atoms with Crippen LogP contribution in [-0.4, -0.2) is 50.3 Å². The summed E-state index contributed by atoms with van der Waals surface area (Å²) in [5.74, 6) is -1.79. The lowest BCUT2D eigenvalue weighted by atomic mass is 9.90. The predicted octanol–water partition coefficient (Wildman–Crippen LogP) is 0.977. The minimum atomic E-state index is -1.28. The summed E-state index contributed by atoms with van der Waals surface area (Å²) in [7, 11) is 0. The molecule has 2 heterocycles. The number of nitrogens with one attached hydrogen (secondary N) is 1. The lowest BCUT2D eigenvalue weighted by Crippen LogP contribution is -2.62.